The Labute approximate surface area is 347 Å². The highest BCUT2D eigenvalue weighted by atomic mass is 35.5. The van der Waals surface area contributed by atoms with Crippen LogP contribution in [0.4, 0.5) is 11.4 Å². The zero-order chi connectivity index (χ0) is 42.2. The van der Waals surface area contributed by atoms with E-state index in [1.807, 2.05) is 0 Å². The Bertz CT molecular complexity index is 2530. The number of H-pyrrole nitrogens is 1. The number of halogens is 3. The van der Waals surface area contributed by atoms with Gasteiger partial charge in [0, 0.05) is 24.1 Å². The average Bonchev–Trinajstić information content (AvgIpc) is 3.88. The Morgan fingerprint density at radius 1 is 0.729 bits per heavy atom. The molecular formula is C34H33Cl3N14O8. The van der Waals surface area contributed by atoms with Crippen LogP contribution in [-0.2, 0) is 35.1 Å². The number of nitrogens with one attached hydrogen (secondary N) is 1. The molecule has 0 fully saturated rings. The molecule has 3 N–H and O–H groups in total. The van der Waals surface area contributed by atoms with Crippen molar-refractivity contribution in [3.05, 3.63) is 115 Å². The van der Waals surface area contributed by atoms with Crippen LogP contribution in [0, 0.1) is 0 Å². The van der Waals surface area contributed by atoms with Gasteiger partial charge in [-0.25, -0.2) is 9.97 Å². The second kappa shape index (κ2) is 18.9. The van der Waals surface area contributed by atoms with Crippen molar-refractivity contribution in [3.8, 4) is 11.8 Å². The van der Waals surface area contributed by atoms with Gasteiger partial charge in [0.2, 0.25) is 11.8 Å². The summed E-state index contributed by atoms with van der Waals surface area (Å²) in [7, 11) is 3.00. The third-order valence-corrected chi connectivity index (χ3v) is 9.20. The van der Waals surface area contributed by atoms with E-state index in [2.05, 4.69) is 45.8 Å². The Morgan fingerprint density at radius 2 is 1.22 bits per heavy atom. The van der Waals surface area contributed by atoms with Gasteiger partial charge in [-0.3, -0.25) is 23.7 Å². The van der Waals surface area contributed by atoms with E-state index in [0.29, 0.717) is 21.4 Å². The fourth-order valence-electron chi connectivity index (χ4n) is 5.32. The van der Waals surface area contributed by atoms with E-state index in [-0.39, 0.29) is 85.1 Å². The molecule has 0 saturated carbocycles. The summed E-state index contributed by atoms with van der Waals surface area (Å²) in [5, 5.41) is 44.9. The maximum Gasteiger partial charge on any atom is 0.281 e. The first-order chi connectivity index (χ1) is 28.3. The zero-order valence-electron chi connectivity index (χ0n) is 31.0. The molecule has 2 aromatic carbocycles. The largest absolute Gasteiger partial charge is 0.466 e. The normalized spacial score (nSPS) is 14.1. The number of aromatic amines is 1. The Morgan fingerprint density at radius 3 is 1.75 bits per heavy atom. The van der Waals surface area contributed by atoms with Gasteiger partial charge in [0.15, 0.2) is 36.2 Å². The molecule has 0 radical (unpaired) electrons. The lowest BCUT2D eigenvalue weighted by molar-refractivity contribution is -0.121. The summed E-state index contributed by atoms with van der Waals surface area (Å²) in [6.07, 6.45) is 0.989. The van der Waals surface area contributed by atoms with Crippen LogP contribution >= 0.6 is 34.8 Å². The molecule has 2 aliphatic rings. The van der Waals surface area contributed by atoms with Gasteiger partial charge in [0.05, 0.1) is 31.8 Å². The van der Waals surface area contributed by atoms with Crippen molar-refractivity contribution in [1.29, 1.82) is 0 Å². The predicted octanol–water partition coefficient (Wildman–Crippen LogP) is 0.944. The molecule has 2 atom stereocenters. The van der Waals surface area contributed by atoms with E-state index < -0.39 is 17.8 Å². The highest BCUT2D eigenvalue weighted by molar-refractivity contribution is 6.30. The first-order valence-corrected chi connectivity index (χ1v) is 18.5. The van der Waals surface area contributed by atoms with Crippen LogP contribution < -0.4 is 30.4 Å². The Kier molecular flexibility index (Phi) is 13.6. The van der Waals surface area contributed by atoms with Gasteiger partial charge in [-0.1, -0.05) is 47.5 Å². The highest BCUT2D eigenvalue weighted by Gasteiger charge is 2.28. The van der Waals surface area contributed by atoms with Gasteiger partial charge in [0.25, 0.3) is 22.9 Å². The number of nitrogens with zero attached hydrogens (tertiary/aromatic N) is 13. The van der Waals surface area contributed by atoms with Crippen molar-refractivity contribution < 1.29 is 29.3 Å². The Hall–Kier alpha value is -6.33. The van der Waals surface area contributed by atoms with Crippen molar-refractivity contribution in [3.63, 3.8) is 0 Å². The van der Waals surface area contributed by atoms with Crippen molar-refractivity contribution in [2.45, 2.75) is 37.7 Å². The minimum absolute atomic E-state index is 0.00180. The maximum absolute atomic E-state index is 12.7. The van der Waals surface area contributed by atoms with Crippen LogP contribution in [0.5, 0.6) is 11.8 Å². The summed E-state index contributed by atoms with van der Waals surface area (Å²) in [4.78, 5) is 62.1. The first kappa shape index (κ1) is 42.3. The van der Waals surface area contributed by atoms with Gasteiger partial charge >= 0.3 is 0 Å². The summed E-state index contributed by atoms with van der Waals surface area (Å²) < 4.78 is 11.4. The van der Waals surface area contributed by atoms with E-state index in [9.17, 15) is 29.4 Å². The molecule has 0 saturated heterocycles. The quantitative estimate of drug-likeness (QED) is 0.171. The second-order valence-electron chi connectivity index (χ2n) is 12.5. The molecule has 2 aliphatic heterocycles. The van der Waals surface area contributed by atoms with Crippen LogP contribution in [0.2, 0.25) is 10.0 Å². The van der Waals surface area contributed by atoms with Crippen molar-refractivity contribution in [1.82, 2.24) is 59.9 Å². The van der Waals surface area contributed by atoms with E-state index in [1.54, 1.807) is 48.5 Å². The number of aromatic nitrogens is 12. The molecule has 6 heterocycles. The molecule has 4 aromatic heterocycles. The molecule has 2 amide bonds. The lowest BCUT2D eigenvalue weighted by Gasteiger charge is -2.24. The van der Waals surface area contributed by atoms with E-state index in [4.69, 9.17) is 44.3 Å². The molecule has 0 bridgehead atoms. The smallest absolute Gasteiger partial charge is 0.281 e. The summed E-state index contributed by atoms with van der Waals surface area (Å²) in [5.41, 5.74) is 0.812. The van der Waals surface area contributed by atoms with Crippen molar-refractivity contribution in [2.24, 2.45) is 0 Å². The number of alkyl halides is 1. The van der Waals surface area contributed by atoms with Crippen LogP contribution in [0.1, 0.15) is 35.0 Å². The van der Waals surface area contributed by atoms with Crippen LogP contribution in [0.3, 0.4) is 0 Å². The topological polar surface area (TPSA) is 267 Å². The SMILES string of the molecule is CN1C(=O)COc2nc[nH]c(=O)c21.CN1C(=O)COc2ncn(Cc3nnn(C[C@H](O)c4ccc(Cl)cc4)n3)c(=O)c21.O[C@@H](Cn1nnc(CCl)n1)c1ccc(Cl)cc1. The second-order valence-corrected chi connectivity index (χ2v) is 13.6. The molecule has 22 nitrogen and oxygen atoms in total. The number of carbonyl (C=O) groups excluding carboxylic acids is 2. The minimum atomic E-state index is -0.848. The molecule has 0 aliphatic carbocycles. The Balaban J connectivity index is 0.000000165. The van der Waals surface area contributed by atoms with Gasteiger partial charge in [-0.2, -0.15) is 9.59 Å². The molecule has 0 spiro atoms. The first-order valence-electron chi connectivity index (χ1n) is 17.2. The third kappa shape index (κ3) is 10.4. The van der Waals surface area contributed by atoms with E-state index in [1.165, 1.54) is 50.7 Å². The number of ether oxygens (including phenoxy) is 2. The monoisotopic (exact) mass is 870 g/mol. The van der Waals surface area contributed by atoms with Crippen LogP contribution in [0.15, 0.2) is 70.8 Å². The van der Waals surface area contributed by atoms with Gasteiger partial charge in [-0.05, 0) is 45.8 Å². The summed E-state index contributed by atoms with van der Waals surface area (Å²) in [6.45, 7) is 0.0759. The van der Waals surface area contributed by atoms with E-state index in [0.717, 1.165) is 5.56 Å². The van der Waals surface area contributed by atoms with Gasteiger partial charge in [0.1, 0.15) is 18.5 Å². The van der Waals surface area contributed by atoms with Crippen LogP contribution in [-0.4, -0.2) is 109 Å². The number of carbonyl (C=O) groups is 2. The number of aliphatic hydroxyl groups is 2. The van der Waals surface area contributed by atoms with Crippen molar-refractivity contribution in [2.75, 3.05) is 37.1 Å². The van der Waals surface area contributed by atoms with Crippen molar-refractivity contribution >= 4 is 58.0 Å². The number of rotatable bonds is 9. The predicted molar refractivity (Wildman–Crippen MR) is 208 cm³/mol. The van der Waals surface area contributed by atoms with Crippen LogP contribution in [0.25, 0.3) is 0 Å². The molecule has 6 aromatic rings. The number of hydrogen-bond donors (Lipinski definition) is 3. The zero-order valence-corrected chi connectivity index (χ0v) is 33.2. The number of amides is 2. The molecule has 25 heteroatoms. The number of aliphatic hydroxyl groups excluding tert-OH is 2. The van der Waals surface area contributed by atoms with Gasteiger partial charge < -0.3 is 34.5 Å². The molecule has 308 valence electrons. The number of tetrazole rings is 2. The summed E-state index contributed by atoms with van der Waals surface area (Å²) >= 11 is 17.2. The molecular weight excluding hydrogens is 839 g/mol. The molecule has 0 unspecified atom stereocenters. The average molecular weight is 872 g/mol. The number of likely N-dealkylation sites (N-methyl/N-ethyl adjacent to an activating group) is 2. The van der Waals surface area contributed by atoms with E-state index >= 15 is 0 Å². The minimum Gasteiger partial charge on any atom is -0.466 e. The number of anilines is 2. The lowest BCUT2D eigenvalue weighted by atomic mass is 10.1. The standard InChI is InChI=1S/C17H16ClN7O4.C10H10Cl2N4O.C7H7N3O3/c1-23-14(27)8-29-16-15(23)17(28)24(9-19-16)7-13-20-22-25(21-13)6-12(26)10-2-4-11(18)5-3-10;11-5-10-13-15-16(14-10)6-9(17)7-1-3-8(12)4-2-7;1-10-4(11)2-13-7-5(10)6(12)8-3-9-7/h2-5,9,12,26H,6-8H2,1H3;1-4,9,17H,5-6H2;3H,2H2,1H3,(H,8,9,12)/t12-;9-;/m00./s1. The number of hydrogen-bond acceptors (Lipinski definition) is 16. The summed E-state index contributed by atoms with van der Waals surface area (Å²) in [6, 6.07) is 13.7. The maximum atomic E-state index is 12.7. The lowest BCUT2D eigenvalue weighted by Crippen LogP contribution is -2.41. The molecule has 59 heavy (non-hydrogen) atoms. The van der Waals surface area contributed by atoms with Gasteiger partial charge in [-0.15, -0.1) is 32.0 Å². The fraction of sp³-hybridized carbons (Fsp3) is 0.294. The highest BCUT2D eigenvalue weighted by Crippen LogP contribution is 2.25. The third-order valence-electron chi connectivity index (χ3n) is 8.46. The number of fused-ring (bicyclic) bond motifs is 2. The molecule has 8 rings (SSSR count). The summed E-state index contributed by atoms with van der Waals surface area (Å²) in [5.74, 6) is 0.608. The number of benzene rings is 2. The fourth-order valence-corrected chi connectivity index (χ4v) is 5.67.